The molecule has 2 aliphatic rings. The molecule has 1 aliphatic carbocycles. The van der Waals surface area contributed by atoms with Crippen LogP contribution < -0.4 is 0 Å². The molecule has 1 fully saturated rings. The Bertz CT molecular complexity index is 1060. The van der Waals surface area contributed by atoms with Gasteiger partial charge in [0.25, 0.3) is 0 Å². The van der Waals surface area contributed by atoms with Crippen molar-refractivity contribution < 1.29 is 9.21 Å². The highest BCUT2D eigenvalue weighted by molar-refractivity contribution is 5.90. The fourth-order valence-corrected chi connectivity index (χ4v) is 5.22. The molecule has 0 radical (unpaired) electrons. The fourth-order valence-electron chi connectivity index (χ4n) is 5.22. The molecule has 1 aromatic carbocycles. The van der Waals surface area contributed by atoms with Crippen LogP contribution in [0.15, 0.2) is 65.5 Å². The van der Waals surface area contributed by atoms with Crippen molar-refractivity contribution in [3.63, 3.8) is 0 Å². The zero-order valence-corrected chi connectivity index (χ0v) is 18.0. The SMILES string of the molecule is O=C(C1CCCCC1)C(CCN1C=C(c2cccc3ccoc23)CC1)c1ccccn1. The molecule has 4 heteroatoms. The van der Waals surface area contributed by atoms with Gasteiger partial charge in [0.1, 0.15) is 11.4 Å². The second kappa shape index (κ2) is 9.09. The normalized spacial score (nSPS) is 18.3. The van der Waals surface area contributed by atoms with E-state index in [0.717, 1.165) is 55.4 Å². The molecule has 0 N–H and O–H groups in total. The fraction of sp³-hybridized carbons (Fsp3) is 0.407. The average Bonchev–Trinajstić information content (AvgIpc) is 3.50. The minimum Gasteiger partial charge on any atom is -0.464 e. The Morgan fingerprint density at radius 1 is 1.10 bits per heavy atom. The molecule has 1 unspecified atom stereocenters. The molecule has 2 aromatic heterocycles. The molecule has 1 aliphatic heterocycles. The van der Waals surface area contributed by atoms with E-state index in [4.69, 9.17) is 4.42 Å². The van der Waals surface area contributed by atoms with Crippen LogP contribution in [0.5, 0.6) is 0 Å². The lowest BCUT2D eigenvalue weighted by Crippen LogP contribution is -2.28. The number of nitrogens with zero attached hydrogens (tertiary/aromatic N) is 2. The molecule has 3 heterocycles. The first-order chi connectivity index (χ1) is 15.3. The maximum absolute atomic E-state index is 13.4. The van der Waals surface area contributed by atoms with Gasteiger partial charge < -0.3 is 9.32 Å². The highest BCUT2D eigenvalue weighted by Gasteiger charge is 2.30. The number of Topliss-reactive ketones (excluding diaryl/α,β-unsaturated/α-hetero) is 1. The molecule has 31 heavy (non-hydrogen) atoms. The van der Waals surface area contributed by atoms with Gasteiger partial charge in [0.15, 0.2) is 0 Å². The monoisotopic (exact) mass is 414 g/mol. The van der Waals surface area contributed by atoms with Gasteiger partial charge in [0.05, 0.1) is 17.9 Å². The second-order valence-electron chi connectivity index (χ2n) is 8.92. The third-order valence-corrected chi connectivity index (χ3v) is 6.93. The van der Waals surface area contributed by atoms with Crippen molar-refractivity contribution in [3.05, 3.63) is 72.4 Å². The summed E-state index contributed by atoms with van der Waals surface area (Å²) < 4.78 is 5.74. The quantitative estimate of drug-likeness (QED) is 0.462. The molecule has 0 amide bonds. The van der Waals surface area contributed by atoms with Crippen molar-refractivity contribution in [1.82, 2.24) is 9.88 Å². The van der Waals surface area contributed by atoms with E-state index in [9.17, 15) is 4.79 Å². The van der Waals surface area contributed by atoms with Gasteiger partial charge in [-0.05, 0) is 49.5 Å². The molecule has 1 atom stereocenters. The minimum absolute atomic E-state index is 0.102. The molecule has 0 bridgehead atoms. The number of carbonyl (C=O) groups excluding carboxylic acids is 1. The van der Waals surface area contributed by atoms with Gasteiger partial charge in [-0.25, -0.2) is 0 Å². The van der Waals surface area contributed by atoms with E-state index in [1.807, 2.05) is 30.5 Å². The zero-order valence-electron chi connectivity index (χ0n) is 18.0. The molecule has 5 rings (SSSR count). The Hall–Kier alpha value is -2.88. The van der Waals surface area contributed by atoms with Crippen LogP contribution in [0.2, 0.25) is 0 Å². The number of hydrogen-bond acceptors (Lipinski definition) is 4. The number of fused-ring (bicyclic) bond motifs is 1. The number of benzene rings is 1. The number of furan rings is 1. The van der Waals surface area contributed by atoms with E-state index in [-0.39, 0.29) is 11.8 Å². The zero-order chi connectivity index (χ0) is 21.0. The smallest absolute Gasteiger partial charge is 0.145 e. The summed E-state index contributed by atoms with van der Waals surface area (Å²) in [6.07, 6.45) is 13.4. The Morgan fingerprint density at radius 2 is 2.00 bits per heavy atom. The van der Waals surface area contributed by atoms with Crippen LogP contribution in [0.4, 0.5) is 0 Å². The van der Waals surface area contributed by atoms with E-state index in [0.29, 0.717) is 5.78 Å². The van der Waals surface area contributed by atoms with Crippen molar-refractivity contribution in [1.29, 1.82) is 0 Å². The van der Waals surface area contributed by atoms with Gasteiger partial charge in [-0.1, -0.05) is 43.5 Å². The molecule has 0 saturated heterocycles. The predicted octanol–water partition coefficient (Wildman–Crippen LogP) is 6.20. The van der Waals surface area contributed by atoms with Crippen LogP contribution in [0.25, 0.3) is 16.5 Å². The molecule has 1 saturated carbocycles. The Morgan fingerprint density at radius 3 is 2.84 bits per heavy atom. The van der Waals surface area contributed by atoms with Gasteiger partial charge in [-0.15, -0.1) is 0 Å². The van der Waals surface area contributed by atoms with E-state index >= 15 is 0 Å². The van der Waals surface area contributed by atoms with Crippen LogP contribution in [0.1, 0.15) is 62.1 Å². The topological polar surface area (TPSA) is 46.3 Å². The van der Waals surface area contributed by atoms with Crippen molar-refractivity contribution in [3.8, 4) is 0 Å². The Kier molecular flexibility index (Phi) is 5.88. The first kappa shape index (κ1) is 20.0. The van der Waals surface area contributed by atoms with Crippen molar-refractivity contribution in [2.75, 3.05) is 13.1 Å². The maximum atomic E-state index is 13.4. The molecular weight excluding hydrogens is 384 g/mol. The van der Waals surface area contributed by atoms with E-state index < -0.39 is 0 Å². The van der Waals surface area contributed by atoms with Crippen LogP contribution >= 0.6 is 0 Å². The second-order valence-corrected chi connectivity index (χ2v) is 8.92. The van der Waals surface area contributed by atoms with Gasteiger partial charge >= 0.3 is 0 Å². The van der Waals surface area contributed by atoms with Gasteiger partial charge in [0, 0.05) is 42.4 Å². The largest absolute Gasteiger partial charge is 0.464 e. The summed E-state index contributed by atoms with van der Waals surface area (Å²) in [5.74, 6) is 0.513. The number of para-hydroxylation sites is 1. The van der Waals surface area contributed by atoms with Crippen molar-refractivity contribution >= 4 is 22.3 Å². The van der Waals surface area contributed by atoms with E-state index in [1.54, 1.807) is 6.26 Å². The number of aromatic nitrogens is 1. The Labute approximate surface area is 184 Å². The first-order valence-electron chi connectivity index (χ1n) is 11.7. The molecular formula is C27H30N2O2. The van der Waals surface area contributed by atoms with Crippen LogP contribution in [0, 0.1) is 5.92 Å². The number of ketones is 1. The molecule has 160 valence electrons. The summed E-state index contributed by atoms with van der Waals surface area (Å²) in [5.41, 5.74) is 4.40. The Balaban J connectivity index is 1.31. The third kappa shape index (κ3) is 4.30. The van der Waals surface area contributed by atoms with Crippen molar-refractivity contribution in [2.45, 2.75) is 50.9 Å². The highest BCUT2D eigenvalue weighted by atomic mass is 16.3. The van der Waals surface area contributed by atoms with Gasteiger partial charge in [-0.3, -0.25) is 9.78 Å². The summed E-state index contributed by atoms with van der Waals surface area (Å²) in [6, 6.07) is 14.3. The number of rotatable bonds is 7. The lowest BCUT2D eigenvalue weighted by Gasteiger charge is -2.26. The van der Waals surface area contributed by atoms with Gasteiger partial charge in [-0.2, -0.15) is 0 Å². The standard InChI is InChI=1S/C27H30N2O2/c30-26(20-7-2-1-3-8-20)24(25-11-4-5-15-28-25)13-17-29-16-12-22(19-29)23-10-6-9-21-14-18-31-27(21)23/h4-6,9-11,14-15,18-20,24H,1-3,7-8,12-13,16-17H2. The summed E-state index contributed by atoms with van der Waals surface area (Å²) >= 11 is 0. The minimum atomic E-state index is -0.102. The summed E-state index contributed by atoms with van der Waals surface area (Å²) in [5, 5.41) is 1.14. The molecule has 0 spiro atoms. The lowest BCUT2D eigenvalue weighted by atomic mass is 9.79. The van der Waals surface area contributed by atoms with Crippen LogP contribution in [-0.2, 0) is 4.79 Å². The summed E-state index contributed by atoms with van der Waals surface area (Å²) in [6.45, 7) is 1.86. The number of hydrogen-bond donors (Lipinski definition) is 0. The summed E-state index contributed by atoms with van der Waals surface area (Å²) in [7, 11) is 0. The average molecular weight is 415 g/mol. The van der Waals surface area contributed by atoms with Crippen molar-refractivity contribution in [2.24, 2.45) is 5.92 Å². The molecule has 4 nitrogen and oxygen atoms in total. The summed E-state index contributed by atoms with van der Waals surface area (Å²) in [4.78, 5) is 20.3. The van der Waals surface area contributed by atoms with Crippen LogP contribution in [0.3, 0.4) is 0 Å². The number of carbonyl (C=O) groups is 1. The van der Waals surface area contributed by atoms with E-state index in [2.05, 4.69) is 34.3 Å². The third-order valence-electron chi connectivity index (χ3n) is 6.93. The lowest BCUT2D eigenvalue weighted by molar-refractivity contribution is -0.125. The van der Waals surface area contributed by atoms with Gasteiger partial charge in [0.2, 0.25) is 0 Å². The van der Waals surface area contributed by atoms with Crippen LogP contribution in [-0.4, -0.2) is 28.8 Å². The predicted molar refractivity (Wildman–Crippen MR) is 124 cm³/mol. The molecule has 3 aromatic rings. The van der Waals surface area contributed by atoms with E-state index in [1.165, 1.54) is 30.4 Å². The highest BCUT2D eigenvalue weighted by Crippen LogP contribution is 2.34. The maximum Gasteiger partial charge on any atom is 0.145 e. The number of pyridine rings is 1. The first-order valence-corrected chi connectivity index (χ1v) is 11.7.